The molecule has 0 aliphatic heterocycles. The maximum atomic E-state index is 12.1. The van der Waals surface area contributed by atoms with Crippen LogP contribution < -0.4 is 0 Å². The maximum Gasteiger partial charge on any atom is 0.389 e. The Balaban J connectivity index is 2.58. The minimum Gasteiger partial charge on any atom is -0.370 e. The van der Waals surface area contributed by atoms with Crippen LogP contribution in [0.3, 0.4) is 0 Å². The fraction of sp³-hybridized carbons (Fsp3) is 0.917. The van der Waals surface area contributed by atoms with Crippen LogP contribution in [-0.2, 0) is 9.53 Å². The average molecular weight is 252 g/mol. The van der Waals surface area contributed by atoms with Gasteiger partial charge < -0.3 is 4.74 Å². The minimum atomic E-state index is -4.27. The van der Waals surface area contributed by atoms with Gasteiger partial charge in [-0.15, -0.1) is 0 Å². The van der Waals surface area contributed by atoms with E-state index in [0.717, 1.165) is 12.8 Å². The summed E-state index contributed by atoms with van der Waals surface area (Å²) in [5.41, 5.74) is -0.961. The van der Waals surface area contributed by atoms with E-state index in [1.807, 2.05) is 0 Å². The molecule has 1 saturated carbocycles. The second-order valence-corrected chi connectivity index (χ2v) is 4.92. The molecule has 0 unspecified atom stereocenters. The number of hydrogen-bond donors (Lipinski definition) is 0. The number of carbonyl (C=O) groups excluding carboxylic acids is 1. The van der Waals surface area contributed by atoms with Gasteiger partial charge in [-0.25, -0.2) is 0 Å². The topological polar surface area (TPSA) is 26.3 Å². The fourth-order valence-electron chi connectivity index (χ4n) is 2.31. The Bertz CT molecular complexity index is 265. The Kier molecular flexibility index (Phi) is 4.58. The number of carbonyl (C=O) groups is 1. The molecule has 0 heterocycles. The molecule has 0 radical (unpaired) electrons. The number of rotatable bonds is 4. The number of hydrogen-bond acceptors (Lipinski definition) is 2. The number of halogens is 3. The summed E-state index contributed by atoms with van der Waals surface area (Å²) in [4.78, 5) is 11.9. The standard InChI is InChI=1S/C12H19F3O2/c1-9-3-6-11(17-2,7-4-9)10(16)5-8-12(13,14)15/h9H,3-8H2,1-2H3. The van der Waals surface area contributed by atoms with E-state index in [9.17, 15) is 18.0 Å². The van der Waals surface area contributed by atoms with Crippen molar-refractivity contribution in [1.29, 1.82) is 0 Å². The van der Waals surface area contributed by atoms with E-state index in [2.05, 4.69) is 6.92 Å². The van der Waals surface area contributed by atoms with Crippen LogP contribution in [0.25, 0.3) is 0 Å². The molecule has 0 bridgehead atoms. The zero-order chi connectivity index (χ0) is 13.1. The third-order valence-electron chi connectivity index (χ3n) is 3.62. The largest absolute Gasteiger partial charge is 0.389 e. The van der Waals surface area contributed by atoms with Crippen molar-refractivity contribution < 1.29 is 22.7 Å². The molecule has 0 aromatic carbocycles. The summed E-state index contributed by atoms with van der Waals surface area (Å²) in [6.45, 7) is 2.08. The molecule has 0 saturated heterocycles. The molecule has 2 nitrogen and oxygen atoms in total. The van der Waals surface area contributed by atoms with Crippen LogP contribution in [0.15, 0.2) is 0 Å². The highest BCUT2D eigenvalue weighted by Gasteiger charge is 2.42. The van der Waals surface area contributed by atoms with Crippen molar-refractivity contribution in [3.63, 3.8) is 0 Å². The molecule has 17 heavy (non-hydrogen) atoms. The van der Waals surface area contributed by atoms with Gasteiger partial charge in [-0.3, -0.25) is 4.79 Å². The third-order valence-corrected chi connectivity index (χ3v) is 3.62. The lowest BCUT2D eigenvalue weighted by atomic mass is 9.76. The number of Topliss-reactive ketones (excluding diaryl/α,β-unsaturated/α-hetero) is 1. The molecule has 1 fully saturated rings. The predicted molar refractivity (Wildman–Crippen MR) is 57.7 cm³/mol. The smallest absolute Gasteiger partial charge is 0.370 e. The molecule has 0 aromatic rings. The zero-order valence-electron chi connectivity index (χ0n) is 10.3. The normalized spacial score (nSPS) is 30.3. The van der Waals surface area contributed by atoms with Crippen LogP contribution in [-0.4, -0.2) is 24.7 Å². The second-order valence-electron chi connectivity index (χ2n) is 4.92. The lowest BCUT2D eigenvalue weighted by Gasteiger charge is -2.37. The summed E-state index contributed by atoms with van der Waals surface area (Å²) in [6.07, 6.45) is -3.02. The van der Waals surface area contributed by atoms with Crippen LogP contribution >= 0.6 is 0 Å². The van der Waals surface area contributed by atoms with Crippen LogP contribution in [0.5, 0.6) is 0 Å². The number of ether oxygens (including phenoxy) is 1. The number of alkyl halides is 3. The molecular formula is C12H19F3O2. The van der Waals surface area contributed by atoms with Crippen molar-refractivity contribution in [2.24, 2.45) is 5.92 Å². The van der Waals surface area contributed by atoms with Crippen LogP contribution in [0.1, 0.15) is 45.4 Å². The monoisotopic (exact) mass is 252 g/mol. The first kappa shape index (κ1) is 14.5. The van der Waals surface area contributed by atoms with Crippen LogP contribution in [0.2, 0.25) is 0 Å². The summed E-state index contributed by atoms with van der Waals surface area (Å²) in [5.74, 6) is 0.123. The summed E-state index contributed by atoms with van der Waals surface area (Å²) in [5, 5.41) is 0. The summed E-state index contributed by atoms with van der Waals surface area (Å²) in [6, 6.07) is 0. The van der Waals surface area contributed by atoms with Gasteiger partial charge in [0.25, 0.3) is 0 Å². The highest BCUT2D eigenvalue weighted by atomic mass is 19.4. The Hall–Kier alpha value is -0.580. The molecule has 0 N–H and O–H groups in total. The first-order valence-corrected chi connectivity index (χ1v) is 5.94. The number of ketones is 1. The maximum absolute atomic E-state index is 12.1. The van der Waals surface area contributed by atoms with Gasteiger partial charge in [0.15, 0.2) is 5.78 Å². The van der Waals surface area contributed by atoms with Gasteiger partial charge in [0.05, 0.1) is 6.42 Å². The zero-order valence-corrected chi connectivity index (χ0v) is 10.3. The van der Waals surface area contributed by atoms with Crippen molar-refractivity contribution >= 4 is 5.78 Å². The van der Waals surface area contributed by atoms with Gasteiger partial charge in [-0.05, 0) is 31.6 Å². The molecule has 0 amide bonds. The Labute approximate surface area is 99.5 Å². The van der Waals surface area contributed by atoms with E-state index in [1.54, 1.807) is 0 Å². The molecule has 1 rings (SSSR count). The molecule has 0 spiro atoms. The quantitative estimate of drug-likeness (QED) is 0.765. The minimum absolute atomic E-state index is 0.399. The molecule has 0 aromatic heterocycles. The molecule has 1 aliphatic carbocycles. The summed E-state index contributed by atoms with van der Waals surface area (Å²) >= 11 is 0. The van der Waals surface area contributed by atoms with Gasteiger partial charge in [0.1, 0.15) is 5.60 Å². The van der Waals surface area contributed by atoms with Crippen LogP contribution in [0, 0.1) is 5.92 Å². The van der Waals surface area contributed by atoms with Gasteiger partial charge in [-0.2, -0.15) is 13.2 Å². The van der Waals surface area contributed by atoms with Crippen molar-refractivity contribution in [2.45, 2.75) is 57.2 Å². The van der Waals surface area contributed by atoms with Crippen molar-refractivity contribution in [2.75, 3.05) is 7.11 Å². The van der Waals surface area contributed by atoms with Gasteiger partial charge >= 0.3 is 6.18 Å². The van der Waals surface area contributed by atoms with Crippen LogP contribution in [0.4, 0.5) is 13.2 Å². The van der Waals surface area contributed by atoms with E-state index in [-0.39, 0.29) is 0 Å². The lowest BCUT2D eigenvalue weighted by molar-refractivity contribution is -0.157. The Morgan fingerprint density at radius 1 is 1.35 bits per heavy atom. The summed E-state index contributed by atoms with van der Waals surface area (Å²) in [7, 11) is 1.42. The lowest BCUT2D eigenvalue weighted by Crippen LogP contribution is -2.44. The van der Waals surface area contributed by atoms with Crippen molar-refractivity contribution in [3.05, 3.63) is 0 Å². The second kappa shape index (κ2) is 5.38. The predicted octanol–water partition coefficient (Wildman–Crippen LogP) is 3.49. The third kappa shape index (κ3) is 3.98. The van der Waals surface area contributed by atoms with E-state index in [4.69, 9.17) is 4.74 Å². The Morgan fingerprint density at radius 2 is 1.88 bits per heavy atom. The highest BCUT2D eigenvalue weighted by molar-refractivity contribution is 5.87. The van der Waals surface area contributed by atoms with Crippen molar-refractivity contribution in [1.82, 2.24) is 0 Å². The average Bonchev–Trinajstić information content (AvgIpc) is 2.26. The fourth-order valence-corrected chi connectivity index (χ4v) is 2.31. The molecule has 0 atom stereocenters. The van der Waals surface area contributed by atoms with Gasteiger partial charge in [0, 0.05) is 13.5 Å². The number of methoxy groups -OCH3 is 1. The molecule has 100 valence electrons. The van der Waals surface area contributed by atoms with E-state index in [1.165, 1.54) is 7.11 Å². The molecule has 5 heteroatoms. The highest BCUT2D eigenvalue weighted by Crippen LogP contribution is 2.36. The van der Waals surface area contributed by atoms with E-state index in [0.29, 0.717) is 18.8 Å². The Morgan fingerprint density at radius 3 is 2.29 bits per heavy atom. The van der Waals surface area contributed by atoms with Crippen molar-refractivity contribution in [3.8, 4) is 0 Å². The molecule has 1 aliphatic rings. The van der Waals surface area contributed by atoms with Gasteiger partial charge in [-0.1, -0.05) is 6.92 Å². The SMILES string of the molecule is COC1(C(=O)CCC(F)(F)F)CCC(C)CC1. The summed E-state index contributed by atoms with van der Waals surface area (Å²) < 4.78 is 41.5. The van der Waals surface area contributed by atoms with Gasteiger partial charge in [0.2, 0.25) is 0 Å². The first-order chi connectivity index (χ1) is 7.79. The first-order valence-electron chi connectivity index (χ1n) is 5.94. The van der Waals surface area contributed by atoms with E-state index < -0.39 is 30.4 Å². The molecular weight excluding hydrogens is 233 g/mol. The van der Waals surface area contributed by atoms with E-state index >= 15 is 0 Å².